The van der Waals surface area contributed by atoms with Crippen LogP contribution in [0.3, 0.4) is 0 Å². The first kappa shape index (κ1) is 20.1. The zero-order chi connectivity index (χ0) is 19.9. The van der Waals surface area contributed by atoms with Gasteiger partial charge in [-0.25, -0.2) is 0 Å². The van der Waals surface area contributed by atoms with Crippen LogP contribution in [0, 0.1) is 0 Å². The zero-order valence-electron chi connectivity index (χ0n) is 16.6. The molecule has 1 amide bonds. The van der Waals surface area contributed by atoms with Gasteiger partial charge in [-0.15, -0.1) is 10.2 Å². The number of carbonyl (C=O) groups excluding carboxylic acids is 1. The fraction of sp³-hybridized carbons (Fsp3) is 0.318. The maximum atomic E-state index is 13.2. The molecule has 0 aliphatic heterocycles. The highest BCUT2D eigenvalue weighted by Gasteiger charge is 2.28. The van der Waals surface area contributed by atoms with Crippen LogP contribution in [0.4, 0.5) is 0 Å². The number of benzene rings is 2. The maximum Gasteiger partial charge on any atom is 0.240 e. The number of hydrogen-bond acceptors (Lipinski definition) is 4. The van der Waals surface area contributed by atoms with Crippen LogP contribution in [0.2, 0.25) is 0 Å². The van der Waals surface area contributed by atoms with E-state index in [-0.39, 0.29) is 11.2 Å². The van der Waals surface area contributed by atoms with E-state index in [9.17, 15) is 4.79 Å². The van der Waals surface area contributed by atoms with Crippen molar-refractivity contribution in [2.75, 3.05) is 13.1 Å². The fourth-order valence-electron chi connectivity index (χ4n) is 3.16. The second kappa shape index (κ2) is 9.55. The molecule has 0 aliphatic rings. The first-order valence-electron chi connectivity index (χ1n) is 9.68. The van der Waals surface area contributed by atoms with Crippen molar-refractivity contribution >= 4 is 17.7 Å². The molecule has 146 valence electrons. The molecular formula is C22H26N4OS. The van der Waals surface area contributed by atoms with Crippen LogP contribution in [-0.2, 0) is 11.3 Å². The molecule has 0 fully saturated rings. The van der Waals surface area contributed by atoms with Crippen LogP contribution in [-0.4, -0.2) is 38.7 Å². The Kier molecular flexibility index (Phi) is 6.87. The van der Waals surface area contributed by atoms with Gasteiger partial charge in [-0.05, 0) is 26.3 Å². The summed E-state index contributed by atoms with van der Waals surface area (Å²) in [5.41, 5.74) is 2.01. The normalized spacial score (nSPS) is 12.0. The molecule has 0 saturated carbocycles. The molecule has 0 spiro atoms. The largest absolute Gasteiger partial charge is 0.342 e. The SMILES string of the molecule is CCN(CC)C(=O)[C@H](Sc1nnc(-c2ccccc2)n1CC)c1ccccc1. The minimum atomic E-state index is -0.348. The first-order valence-corrected chi connectivity index (χ1v) is 10.6. The van der Waals surface area contributed by atoms with Crippen LogP contribution >= 0.6 is 11.8 Å². The lowest BCUT2D eigenvalue weighted by molar-refractivity contribution is -0.130. The summed E-state index contributed by atoms with van der Waals surface area (Å²) in [4.78, 5) is 15.1. The summed E-state index contributed by atoms with van der Waals surface area (Å²) in [6, 6.07) is 19.9. The summed E-state index contributed by atoms with van der Waals surface area (Å²) >= 11 is 1.47. The molecule has 0 aliphatic carbocycles. The molecule has 3 aromatic rings. The Balaban J connectivity index is 1.97. The second-order valence-corrected chi connectivity index (χ2v) is 7.41. The smallest absolute Gasteiger partial charge is 0.240 e. The van der Waals surface area contributed by atoms with E-state index in [2.05, 4.69) is 21.7 Å². The van der Waals surface area contributed by atoms with Crippen LogP contribution in [0.5, 0.6) is 0 Å². The number of amides is 1. The van der Waals surface area contributed by atoms with Gasteiger partial charge in [0.25, 0.3) is 0 Å². The van der Waals surface area contributed by atoms with Crippen molar-refractivity contribution in [2.45, 2.75) is 37.7 Å². The van der Waals surface area contributed by atoms with Gasteiger partial charge in [-0.3, -0.25) is 4.79 Å². The third-order valence-electron chi connectivity index (χ3n) is 4.69. The Labute approximate surface area is 170 Å². The van der Waals surface area contributed by atoms with E-state index in [0.29, 0.717) is 13.1 Å². The van der Waals surface area contributed by atoms with Crippen molar-refractivity contribution in [1.29, 1.82) is 0 Å². The molecule has 28 heavy (non-hydrogen) atoms. The third-order valence-corrected chi connectivity index (χ3v) is 5.91. The average molecular weight is 395 g/mol. The number of likely N-dealkylation sites (N-methyl/N-ethyl adjacent to an activating group) is 1. The van der Waals surface area contributed by atoms with E-state index < -0.39 is 0 Å². The van der Waals surface area contributed by atoms with E-state index in [1.807, 2.05) is 79.4 Å². The van der Waals surface area contributed by atoms with Crippen molar-refractivity contribution in [3.63, 3.8) is 0 Å². The Morgan fingerprint density at radius 1 is 0.964 bits per heavy atom. The van der Waals surface area contributed by atoms with Gasteiger partial charge in [0.05, 0.1) is 0 Å². The van der Waals surface area contributed by atoms with Crippen LogP contribution in [0.1, 0.15) is 31.6 Å². The summed E-state index contributed by atoms with van der Waals surface area (Å²) < 4.78 is 2.07. The topological polar surface area (TPSA) is 51.0 Å². The molecule has 0 bridgehead atoms. The molecular weight excluding hydrogens is 368 g/mol. The summed E-state index contributed by atoms with van der Waals surface area (Å²) in [5, 5.41) is 9.25. The zero-order valence-corrected chi connectivity index (χ0v) is 17.4. The molecule has 5 nitrogen and oxygen atoms in total. The van der Waals surface area contributed by atoms with Crippen molar-refractivity contribution in [1.82, 2.24) is 19.7 Å². The maximum absolute atomic E-state index is 13.2. The molecule has 6 heteroatoms. The molecule has 1 heterocycles. The minimum absolute atomic E-state index is 0.105. The van der Waals surface area contributed by atoms with Gasteiger partial charge < -0.3 is 9.47 Å². The molecule has 0 radical (unpaired) electrons. The van der Waals surface area contributed by atoms with Gasteiger partial charge in [0, 0.05) is 25.2 Å². The lowest BCUT2D eigenvalue weighted by Gasteiger charge is -2.25. The molecule has 3 rings (SSSR count). The number of hydrogen-bond donors (Lipinski definition) is 0. The lowest BCUT2D eigenvalue weighted by atomic mass is 10.1. The number of thioether (sulfide) groups is 1. The fourth-order valence-corrected chi connectivity index (χ4v) is 4.34. The van der Waals surface area contributed by atoms with E-state index >= 15 is 0 Å². The predicted octanol–water partition coefficient (Wildman–Crippen LogP) is 4.67. The molecule has 0 unspecified atom stereocenters. The highest BCUT2D eigenvalue weighted by molar-refractivity contribution is 8.00. The van der Waals surface area contributed by atoms with Gasteiger partial charge in [-0.1, -0.05) is 72.4 Å². The summed E-state index contributed by atoms with van der Waals surface area (Å²) in [6.07, 6.45) is 0. The number of carbonyl (C=O) groups is 1. The van der Waals surface area contributed by atoms with Crippen LogP contribution < -0.4 is 0 Å². The molecule has 0 N–H and O–H groups in total. The molecule has 2 aromatic carbocycles. The van der Waals surface area contributed by atoms with E-state index in [1.54, 1.807) is 0 Å². The number of aromatic nitrogens is 3. The number of rotatable bonds is 8. The minimum Gasteiger partial charge on any atom is -0.342 e. The van der Waals surface area contributed by atoms with Crippen LogP contribution in [0.25, 0.3) is 11.4 Å². The first-order chi connectivity index (χ1) is 13.7. The Bertz CT molecular complexity index is 891. The van der Waals surface area contributed by atoms with Crippen LogP contribution in [0.15, 0.2) is 65.8 Å². The lowest BCUT2D eigenvalue weighted by Crippen LogP contribution is -2.34. The van der Waals surface area contributed by atoms with Crippen molar-refractivity contribution < 1.29 is 4.79 Å². The van der Waals surface area contributed by atoms with Gasteiger partial charge in [0.15, 0.2) is 11.0 Å². The Morgan fingerprint density at radius 3 is 2.14 bits per heavy atom. The van der Waals surface area contributed by atoms with Gasteiger partial charge in [0.2, 0.25) is 5.91 Å². The third kappa shape index (κ3) is 4.28. The van der Waals surface area contributed by atoms with E-state index in [1.165, 1.54) is 11.8 Å². The van der Waals surface area contributed by atoms with Gasteiger partial charge in [-0.2, -0.15) is 0 Å². The van der Waals surface area contributed by atoms with Crippen molar-refractivity contribution in [3.8, 4) is 11.4 Å². The average Bonchev–Trinajstić information content (AvgIpc) is 3.16. The Morgan fingerprint density at radius 2 is 1.57 bits per heavy atom. The summed E-state index contributed by atoms with van der Waals surface area (Å²) in [7, 11) is 0. The van der Waals surface area contributed by atoms with E-state index in [0.717, 1.165) is 28.7 Å². The van der Waals surface area contributed by atoms with E-state index in [4.69, 9.17) is 0 Å². The highest BCUT2D eigenvalue weighted by atomic mass is 32.2. The number of nitrogens with zero attached hydrogens (tertiary/aromatic N) is 4. The summed E-state index contributed by atoms with van der Waals surface area (Å²) in [6.45, 7) is 8.21. The van der Waals surface area contributed by atoms with Crippen molar-refractivity contribution in [2.24, 2.45) is 0 Å². The molecule has 0 saturated heterocycles. The van der Waals surface area contributed by atoms with Crippen molar-refractivity contribution in [3.05, 3.63) is 66.2 Å². The predicted molar refractivity (Wildman–Crippen MR) is 114 cm³/mol. The quantitative estimate of drug-likeness (QED) is 0.521. The molecule has 1 atom stereocenters. The highest BCUT2D eigenvalue weighted by Crippen LogP contribution is 2.37. The summed E-state index contributed by atoms with van der Waals surface area (Å²) in [5.74, 6) is 0.931. The monoisotopic (exact) mass is 394 g/mol. The Hall–Kier alpha value is -2.60. The van der Waals surface area contributed by atoms with Gasteiger partial charge in [0.1, 0.15) is 5.25 Å². The molecule has 1 aromatic heterocycles. The second-order valence-electron chi connectivity index (χ2n) is 6.34. The van der Waals surface area contributed by atoms with Gasteiger partial charge >= 0.3 is 0 Å². The standard InChI is InChI=1S/C22H26N4OS/c1-4-25(5-2)21(27)19(17-13-9-7-10-14-17)28-22-24-23-20(26(22)6-3)18-15-11-8-12-16-18/h7-16,19H,4-6H2,1-3H3/t19-/m1/s1.